The maximum absolute atomic E-state index is 7.51. The Morgan fingerprint density at radius 1 is 1.03 bits per heavy atom. The lowest BCUT2D eigenvalue weighted by Gasteiger charge is -2.55. The van der Waals surface area contributed by atoms with Gasteiger partial charge in [-0.05, 0) is 116 Å². The fourth-order valence-electron chi connectivity index (χ4n) is 9.27. The second-order valence-electron chi connectivity index (χ2n) is 12.7. The lowest BCUT2D eigenvalue weighted by Crippen LogP contribution is -2.55. The topological polar surface area (TPSA) is 12.5 Å². The number of allylic oxidation sites excluding steroid dienone is 1. The van der Waals surface area contributed by atoms with Gasteiger partial charge in [-0.1, -0.05) is 68.5 Å². The molecule has 5 aliphatic rings. The van der Waals surface area contributed by atoms with E-state index in [1.807, 2.05) is 0 Å². The Bertz CT molecular complexity index is 1230. The number of ether oxygens (including phenoxy) is 1. The van der Waals surface area contributed by atoms with Gasteiger partial charge in [-0.15, -0.1) is 0 Å². The van der Waals surface area contributed by atoms with Crippen molar-refractivity contribution in [3.63, 3.8) is 0 Å². The van der Waals surface area contributed by atoms with E-state index in [4.69, 9.17) is 4.74 Å². The Morgan fingerprint density at radius 3 is 2.74 bits per heavy atom. The zero-order valence-electron chi connectivity index (χ0n) is 21.9. The van der Waals surface area contributed by atoms with Crippen LogP contribution in [0, 0.1) is 11.3 Å². The van der Waals surface area contributed by atoms with E-state index < -0.39 is 0 Å². The normalized spacial score (nSPS) is 39.7. The summed E-state index contributed by atoms with van der Waals surface area (Å²) in [5, 5.41) is 2.74. The second-order valence-corrected chi connectivity index (χ2v) is 12.7. The van der Waals surface area contributed by atoms with E-state index in [0.29, 0.717) is 17.9 Å². The summed E-state index contributed by atoms with van der Waals surface area (Å²) in [6, 6.07) is 16.7. The Labute approximate surface area is 211 Å². The Hall–Kier alpha value is -1.90. The molecule has 0 amide bonds. The van der Waals surface area contributed by atoms with Crippen LogP contribution in [-0.4, -0.2) is 35.7 Å². The molecule has 6 atom stereocenters. The highest BCUT2D eigenvalue weighted by Gasteiger charge is 2.66. The lowest BCUT2D eigenvalue weighted by atomic mass is 9.58. The minimum absolute atomic E-state index is 0.00153. The van der Waals surface area contributed by atoms with Crippen LogP contribution < -0.4 is 0 Å². The van der Waals surface area contributed by atoms with E-state index in [9.17, 15) is 0 Å². The molecule has 2 aliphatic heterocycles. The van der Waals surface area contributed by atoms with E-state index in [1.165, 1.54) is 75.1 Å². The number of rotatable bonds is 4. The van der Waals surface area contributed by atoms with E-state index >= 15 is 0 Å². The average Bonchev–Trinajstić information content (AvgIpc) is 3.38. The summed E-state index contributed by atoms with van der Waals surface area (Å²) in [7, 11) is 2.33. The van der Waals surface area contributed by atoms with Crippen LogP contribution in [0.15, 0.2) is 65.8 Å². The maximum Gasteiger partial charge on any atom is 0.0974 e. The molecule has 1 saturated heterocycles. The van der Waals surface area contributed by atoms with Crippen LogP contribution in [0.25, 0.3) is 10.8 Å². The number of fused-ring (bicyclic) bond motifs is 2. The van der Waals surface area contributed by atoms with Gasteiger partial charge in [0, 0.05) is 6.04 Å². The van der Waals surface area contributed by atoms with Gasteiger partial charge in [-0.2, -0.15) is 0 Å². The molecule has 2 aromatic carbocycles. The molecular formula is C33H41NO. The van der Waals surface area contributed by atoms with Gasteiger partial charge in [-0.25, -0.2) is 0 Å². The molecule has 3 fully saturated rings. The maximum atomic E-state index is 7.51. The van der Waals surface area contributed by atoms with Gasteiger partial charge in [0.25, 0.3) is 0 Å². The van der Waals surface area contributed by atoms with Crippen LogP contribution in [0.5, 0.6) is 0 Å². The molecule has 184 valence electrons. The molecule has 0 N–H and O–H groups in total. The minimum Gasteiger partial charge on any atom is -0.359 e. The monoisotopic (exact) mass is 467 g/mol. The zero-order valence-corrected chi connectivity index (χ0v) is 21.9. The standard InChI is InChI=1S/C33H41NO/c1-4-19-34(3)28-12-11-26-21-27-15-16-31(2)29(25-10-9-23-7-5-6-8-24(23)20-25)13-14-30(31)33(27)18-17-32(26,22-28)35-33/h5-10,15,20-21,28-30H,4,11-14,16-19,22H2,1-3H3/t28-,29?,30-,31-,32-,33?/m1/s1. The molecule has 2 spiro atoms. The third-order valence-electron chi connectivity index (χ3n) is 11.0. The van der Waals surface area contributed by atoms with E-state index in [-0.39, 0.29) is 16.6 Å². The quantitative estimate of drug-likeness (QED) is 0.455. The van der Waals surface area contributed by atoms with Crippen LogP contribution >= 0.6 is 0 Å². The fourth-order valence-corrected chi connectivity index (χ4v) is 9.27. The molecule has 2 aromatic rings. The predicted molar refractivity (Wildman–Crippen MR) is 145 cm³/mol. The van der Waals surface area contributed by atoms with Crippen LogP contribution in [0.4, 0.5) is 0 Å². The molecule has 7 rings (SSSR count). The SMILES string of the molecule is CCCN(C)[C@@H]1CCC2=CC3=CC[C@]4(C)C(c5ccc6ccccc6c5)CC[C@H]4C34CC[C@]2(C1)O4. The van der Waals surface area contributed by atoms with Gasteiger partial charge in [0.2, 0.25) is 0 Å². The number of hydrogen-bond donors (Lipinski definition) is 0. The Morgan fingerprint density at radius 2 is 1.89 bits per heavy atom. The number of hydrogen-bond acceptors (Lipinski definition) is 2. The van der Waals surface area contributed by atoms with Crippen LogP contribution in [0.2, 0.25) is 0 Å². The highest BCUT2D eigenvalue weighted by Crippen LogP contribution is 2.69. The molecule has 2 bridgehead atoms. The van der Waals surface area contributed by atoms with Gasteiger partial charge in [0.05, 0.1) is 11.2 Å². The first-order chi connectivity index (χ1) is 17.0. The van der Waals surface area contributed by atoms with Crippen molar-refractivity contribution in [1.82, 2.24) is 4.90 Å². The first kappa shape index (κ1) is 22.3. The third kappa shape index (κ3) is 3.08. The summed E-state index contributed by atoms with van der Waals surface area (Å²) in [6.45, 7) is 6.10. The number of nitrogens with zero attached hydrogens (tertiary/aromatic N) is 1. The average molecular weight is 468 g/mol. The highest BCUT2D eigenvalue weighted by atomic mass is 16.5. The summed E-state index contributed by atoms with van der Waals surface area (Å²) in [5.41, 5.74) is 4.93. The molecular weight excluding hydrogens is 426 g/mol. The van der Waals surface area contributed by atoms with Crippen molar-refractivity contribution in [2.45, 2.75) is 94.8 Å². The molecule has 2 unspecified atom stereocenters. The largest absolute Gasteiger partial charge is 0.359 e. The summed E-state index contributed by atoms with van der Waals surface area (Å²) < 4.78 is 7.51. The minimum atomic E-state index is -0.0483. The predicted octanol–water partition coefficient (Wildman–Crippen LogP) is 7.79. The van der Waals surface area contributed by atoms with Gasteiger partial charge >= 0.3 is 0 Å². The summed E-state index contributed by atoms with van der Waals surface area (Å²) in [4.78, 5) is 2.61. The van der Waals surface area contributed by atoms with Crippen LogP contribution in [-0.2, 0) is 4.74 Å². The molecule has 0 aromatic heterocycles. The van der Waals surface area contributed by atoms with Crippen LogP contribution in [0.1, 0.15) is 83.1 Å². The van der Waals surface area contributed by atoms with Gasteiger partial charge in [-0.3, -0.25) is 0 Å². The van der Waals surface area contributed by atoms with Crippen LogP contribution in [0.3, 0.4) is 0 Å². The molecule has 2 heteroatoms. The molecule has 35 heavy (non-hydrogen) atoms. The first-order valence-corrected chi connectivity index (χ1v) is 14.3. The van der Waals surface area contributed by atoms with E-state index in [2.05, 4.69) is 80.4 Å². The molecule has 2 heterocycles. The smallest absolute Gasteiger partial charge is 0.0974 e. The van der Waals surface area contributed by atoms with E-state index in [1.54, 1.807) is 16.7 Å². The van der Waals surface area contributed by atoms with Crippen molar-refractivity contribution >= 4 is 10.8 Å². The highest BCUT2D eigenvalue weighted by molar-refractivity contribution is 5.83. The molecule has 0 radical (unpaired) electrons. The fraction of sp³-hybridized carbons (Fsp3) is 0.576. The van der Waals surface area contributed by atoms with Crippen molar-refractivity contribution < 1.29 is 4.74 Å². The van der Waals surface area contributed by atoms with Crippen molar-refractivity contribution in [2.75, 3.05) is 13.6 Å². The second kappa shape index (κ2) is 7.80. The van der Waals surface area contributed by atoms with Gasteiger partial charge in [0.15, 0.2) is 0 Å². The Kier molecular flexibility index (Phi) is 4.97. The third-order valence-corrected chi connectivity index (χ3v) is 11.0. The molecule has 3 aliphatic carbocycles. The van der Waals surface area contributed by atoms with Gasteiger partial charge < -0.3 is 9.64 Å². The van der Waals surface area contributed by atoms with E-state index in [0.717, 1.165) is 0 Å². The summed E-state index contributed by atoms with van der Waals surface area (Å²) in [6.07, 6.45) is 16.4. The zero-order chi connectivity index (χ0) is 23.8. The molecule has 2 nitrogen and oxygen atoms in total. The summed E-state index contributed by atoms with van der Waals surface area (Å²) >= 11 is 0. The molecule has 2 saturated carbocycles. The van der Waals surface area contributed by atoms with Crippen molar-refractivity contribution in [3.8, 4) is 0 Å². The van der Waals surface area contributed by atoms with Crippen molar-refractivity contribution in [3.05, 3.63) is 71.3 Å². The first-order valence-electron chi connectivity index (χ1n) is 14.3. The van der Waals surface area contributed by atoms with Gasteiger partial charge in [0.1, 0.15) is 0 Å². The van der Waals surface area contributed by atoms with Crippen molar-refractivity contribution in [2.24, 2.45) is 11.3 Å². The summed E-state index contributed by atoms with van der Waals surface area (Å²) in [5.74, 6) is 1.24. The Balaban J connectivity index is 1.24. The van der Waals surface area contributed by atoms with Crippen molar-refractivity contribution in [1.29, 1.82) is 0 Å². The number of benzene rings is 2. The lowest BCUT2D eigenvalue weighted by molar-refractivity contribution is -0.140.